The predicted molar refractivity (Wildman–Crippen MR) is 73.0 cm³/mol. The average Bonchev–Trinajstić information content (AvgIpc) is 2.24. The summed E-state index contributed by atoms with van der Waals surface area (Å²) in [7, 11) is 0. The van der Waals surface area contributed by atoms with Crippen LogP contribution in [-0.2, 0) is 0 Å². The lowest BCUT2D eigenvalue weighted by molar-refractivity contribution is 0.218. The molecule has 7 heteroatoms. The Bertz CT molecular complexity index is 160. The second-order valence-electron chi connectivity index (χ2n) is 3.22. The number of rotatable bonds is 10. The molecule has 0 rings (SSSR count). The van der Waals surface area contributed by atoms with E-state index in [9.17, 15) is 10.2 Å². The molecule has 0 aliphatic heterocycles. The van der Waals surface area contributed by atoms with Gasteiger partial charge in [-0.15, -0.1) is 23.5 Å². The Morgan fingerprint density at radius 1 is 0.938 bits per heavy atom. The van der Waals surface area contributed by atoms with Crippen molar-refractivity contribution in [2.24, 2.45) is 0 Å². The van der Waals surface area contributed by atoms with Crippen molar-refractivity contribution in [2.75, 3.05) is 29.6 Å². The zero-order chi connectivity index (χ0) is 12.4. The first kappa shape index (κ1) is 16.9. The third kappa shape index (κ3) is 11.4. The molecule has 4 N–H and O–H groups in total. The number of hydrogen-bond donors (Lipinski definition) is 4. The van der Waals surface area contributed by atoms with Crippen LogP contribution >= 0.6 is 35.3 Å². The lowest BCUT2D eigenvalue weighted by Gasteiger charge is -2.14. The van der Waals surface area contributed by atoms with Crippen LogP contribution in [0.3, 0.4) is 0 Å². The molecule has 0 fully saturated rings. The van der Waals surface area contributed by atoms with Crippen LogP contribution in [0.2, 0.25) is 0 Å². The maximum absolute atomic E-state index is 9.49. The molecular weight excluding hydrogens is 268 g/mol. The van der Waals surface area contributed by atoms with E-state index in [4.69, 9.17) is 10.2 Å². The minimum atomic E-state index is -0.558. The number of aliphatic hydroxyl groups excluding tert-OH is 4. The van der Waals surface area contributed by atoms with E-state index in [-0.39, 0.29) is 6.61 Å². The van der Waals surface area contributed by atoms with E-state index in [1.807, 2.05) is 0 Å². The van der Waals surface area contributed by atoms with Gasteiger partial charge in [0.1, 0.15) is 10.9 Å². The molecule has 0 aliphatic carbocycles. The van der Waals surface area contributed by atoms with Gasteiger partial charge in [-0.05, 0) is 6.92 Å². The Hall–Kier alpha value is 0.890. The Morgan fingerprint density at radius 3 is 2.06 bits per heavy atom. The second-order valence-corrected chi connectivity index (χ2v) is 6.79. The molecule has 0 heterocycles. The largest absolute Gasteiger partial charge is 0.396 e. The Morgan fingerprint density at radius 2 is 1.50 bits per heavy atom. The van der Waals surface area contributed by atoms with Gasteiger partial charge in [-0.3, -0.25) is 0 Å². The van der Waals surface area contributed by atoms with Gasteiger partial charge >= 0.3 is 0 Å². The van der Waals surface area contributed by atoms with E-state index < -0.39 is 17.0 Å². The van der Waals surface area contributed by atoms with Crippen molar-refractivity contribution in [1.82, 2.24) is 0 Å². The Kier molecular flexibility index (Phi) is 11.6. The zero-order valence-corrected chi connectivity index (χ0v) is 11.7. The van der Waals surface area contributed by atoms with Gasteiger partial charge < -0.3 is 20.4 Å². The number of thioether (sulfide) groups is 3. The van der Waals surface area contributed by atoms with Gasteiger partial charge in [0.2, 0.25) is 0 Å². The normalized spacial score (nSPS) is 17.1. The highest BCUT2D eigenvalue weighted by Gasteiger charge is 2.11. The predicted octanol–water partition coefficient (Wildman–Crippen LogP) is 0.196. The van der Waals surface area contributed by atoms with Gasteiger partial charge in [0, 0.05) is 23.0 Å². The van der Waals surface area contributed by atoms with Crippen molar-refractivity contribution < 1.29 is 20.4 Å². The van der Waals surface area contributed by atoms with E-state index in [1.54, 1.807) is 6.92 Å². The summed E-state index contributed by atoms with van der Waals surface area (Å²) in [6, 6.07) is 0. The summed E-state index contributed by atoms with van der Waals surface area (Å²) in [5.74, 6) is 2.12. The van der Waals surface area contributed by atoms with E-state index >= 15 is 0 Å². The summed E-state index contributed by atoms with van der Waals surface area (Å²) in [6.07, 6.45) is -0.422. The van der Waals surface area contributed by atoms with Gasteiger partial charge in [-0.25, -0.2) is 0 Å². The lowest BCUT2D eigenvalue weighted by Crippen LogP contribution is -2.15. The summed E-state index contributed by atoms with van der Waals surface area (Å²) in [6.45, 7) is 1.79. The lowest BCUT2D eigenvalue weighted by atomic mass is 10.5. The van der Waals surface area contributed by atoms with Crippen LogP contribution in [-0.4, -0.2) is 67.0 Å². The highest BCUT2D eigenvalue weighted by Crippen LogP contribution is 2.20. The Balaban J connectivity index is 3.39. The standard InChI is InChI=1S/C9H20O4S3/c1-7(11)4-15-9(13)6-16-8(12)5-14-3-2-10/h7-13H,2-6H2,1H3. The minimum Gasteiger partial charge on any atom is -0.396 e. The third-order valence-corrected chi connectivity index (χ3v) is 5.19. The molecule has 0 aliphatic rings. The summed E-state index contributed by atoms with van der Waals surface area (Å²) < 4.78 is 0. The van der Waals surface area contributed by atoms with Crippen LogP contribution in [0.15, 0.2) is 0 Å². The highest BCUT2D eigenvalue weighted by atomic mass is 32.2. The summed E-state index contributed by atoms with van der Waals surface area (Å²) >= 11 is 4.05. The van der Waals surface area contributed by atoms with Gasteiger partial charge in [-0.1, -0.05) is 0 Å². The molecule has 0 bridgehead atoms. The van der Waals surface area contributed by atoms with Crippen molar-refractivity contribution in [2.45, 2.75) is 23.9 Å². The van der Waals surface area contributed by atoms with Gasteiger partial charge in [-0.2, -0.15) is 11.8 Å². The fourth-order valence-corrected chi connectivity index (χ4v) is 3.47. The van der Waals surface area contributed by atoms with E-state index in [0.29, 0.717) is 23.0 Å². The van der Waals surface area contributed by atoms with Crippen molar-refractivity contribution in [3.63, 3.8) is 0 Å². The van der Waals surface area contributed by atoms with Crippen molar-refractivity contribution in [1.29, 1.82) is 0 Å². The van der Waals surface area contributed by atoms with Crippen molar-refractivity contribution in [3.8, 4) is 0 Å². The van der Waals surface area contributed by atoms with Crippen LogP contribution in [0, 0.1) is 0 Å². The maximum Gasteiger partial charge on any atom is 0.108 e. The molecule has 16 heavy (non-hydrogen) atoms. The molecule has 3 unspecified atom stereocenters. The fourth-order valence-electron chi connectivity index (χ4n) is 0.789. The highest BCUT2D eigenvalue weighted by molar-refractivity contribution is 8.04. The van der Waals surface area contributed by atoms with Crippen LogP contribution < -0.4 is 0 Å². The molecule has 0 radical (unpaired) electrons. The molecule has 0 saturated heterocycles. The van der Waals surface area contributed by atoms with E-state index in [1.165, 1.54) is 35.3 Å². The first-order valence-corrected chi connectivity index (χ1v) is 8.27. The van der Waals surface area contributed by atoms with Crippen molar-refractivity contribution >= 4 is 35.3 Å². The molecule has 0 saturated carbocycles. The molecule has 98 valence electrons. The first-order valence-electron chi connectivity index (χ1n) is 5.02. The maximum atomic E-state index is 9.49. The minimum absolute atomic E-state index is 0.120. The van der Waals surface area contributed by atoms with E-state index in [0.717, 1.165) is 0 Å². The van der Waals surface area contributed by atoms with Gasteiger partial charge in [0.05, 0.1) is 12.7 Å². The molecule has 4 nitrogen and oxygen atoms in total. The smallest absolute Gasteiger partial charge is 0.108 e. The second kappa shape index (κ2) is 11.0. The van der Waals surface area contributed by atoms with Crippen LogP contribution in [0.25, 0.3) is 0 Å². The van der Waals surface area contributed by atoms with E-state index in [2.05, 4.69) is 0 Å². The first-order chi connectivity index (χ1) is 7.56. The monoisotopic (exact) mass is 288 g/mol. The van der Waals surface area contributed by atoms with Crippen LogP contribution in [0.4, 0.5) is 0 Å². The van der Waals surface area contributed by atoms with Crippen LogP contribution in [0.1, 0.15) is 6.92 Å². The topological polar surface area (TPSA) is 80.9 Å². The van der Waals surface area contributed by atoms with Gasteiger partial charge in [0.15, 0.2) is 0 Å². The quantitative estimate of drug-likeness (QED) is 0.338. The van der Waals surface area contributed by atoms with Crippen molar-refractivity contribution in [3.05, 3.63) is 0 Å². The summed E-state index contributed by atoms with van der Waals surface area (Å²) in [5.41, 5.74) is -1.07. The SMILES string of the molecule is CC(O)CSC(O)CSC(O)CSCCO. The average molecular weight is 288 g/mol. The fraction of sp³-hybridized carbons (Fsp3) is 1.00. The molecule has 0 spiro atoms. The summed E-state index contributed by atoms with van der Waals surface area (Å²) in [4.78, 5) is 0. The van der Waals surface area contributed by atoms with Crippen LogP contribution in [0.5, 0.6) is 0 Å². The number of hydrogen-bond acceptors (Lipinski definition) is 7. The molecule has 0 amide bonds. The summed E-state index contributed by atoms with van der Waals surface area (Å²) in [5, 5.41) is 36.5. The molecule has 3 atom stereocenters. The van der Waals surface area contributed by atoms with Gasteiger partial charge in [0.25, 0.3) is 0 Å². The molecule has 0 aromatic rings. The third-order valence-electron chi connectivity index (χ3n) is 1.46. The molecular formula is C9H20O4S3. The Labute approximate surface area is 109 Å². The zero-order valence-electron chi connectivity index (χ0n) is 9.28. The molecule has 0 aromatic carbocycles. The number of aliphatic hydroxyl groups is 4. The molecule has 0 aromatic heterocycles.